The van der Waals surface area contributed by atoms with Crippen LogP contribution in [-0.2, 0) is 6.54 Å². The average Bonchev–Trinajstić information content (AvgIpc) is 3.20. The molecule has 1 heterocycles. The van der Waals surface area contributed by atoms with E-state index in [0.29, 0.717) is 29.3 Å². The van der Waals surface area contributed by atoms with Crippen molar-refractivity contribution >= 4 is 28.8 Å². The van der Waals surface area contributed by atoms with Crippen molar-refractivity contribution in [3.63, 3.8) is 0 Å². The van der Waals surface area contributed by atoms with E-state index in [-0.39, 0.29) is 11.9 Å². The standard InChI is InChI=1S/C21H35N5O2S/c1-3-4-13-25-18(22)17(19(27)24-20(25)28)26(15-10-6-7-11-15)21(29)23-16-12-8-5-9-14(16)2/h14-16H,3-13,22H2,1-2H3,(H,23,29)(H,24,27,28)/t14-,16-/m1/s1. The first-order valence-electron chi connectivity index (χ1n) is 11.2. The first-order valence-corrected chi connectivity index (χ1v) is 11.6. The van der Waals surface area contributed by atoms with Crippen molar-refractivity contribution in [3.05, 3.63) is 20.8 Å². The Balaban J connectivity index is 1.97. The highest BCUT2D eigenvalue weighted by molar-refractivity contribution is 7.80. The molecule has 8 heteroatoms. The van der Waals surface area contributed by atoms with Gasteiger partial charge in [0.1, 0.15) is 5.82 Å². The first-order chi connectivity index (χ1) is 13.9. The molecule has 3 rings (SSSR count). The van der Waals surface area contributed by atoms with E-state index in [1.54, 1.807) is 0 Å². The third kappa shape index (κ3) is 4.85. The summed E-state index contributed by atoms with van der Waals surface area (Å²) in [6, 6.07) is 0.445. The fourth-order valence-corrected chi connectivity index (χ4v) is 5.11. The molecule has 0 saturated heterocycles. The van der Waals surface area contributed by atoms with Crippen LogP contribution in [0.25, 0.3) is 0 Å². The van der Waals surface area contributed by atoms with E-state index < -0.39 is 11.2 Å². The molecule has 0 unspecified atom stereocenters. The maximum absolute atomic E-state index is 12.9. The lowest BCUT2D eigenvalue weighted by Crippen LogP contribution is -2.53. The van der Waals surface area contributed by atoms with Crippen LogP contribution in [0.4, 0.5) is 11.5 Å². The third-order valence-electron chi connectivity index (χ3n) is 6.52. The molecule has 29 heavy (non-hydrogen) atoms. The Hall–Kier alpha value is -1.83. The number of aromatic amines is 1. The van der Waals surface area contributed by atoms with Crippen molar-refractivity contribution in [2.24, 2.45) is 5.92 Å². The van der Waals surface area contributed by atoms with E-state index >= 15 is 0 Å². The molecule has 0 aliphatic heterocycles. The maximum atomic E-state index is 12.9. The number of rotatable bonds is 6. The molecule has 0 spiro atoms. The zero-order valence-corrected chi connectivity index (χ0v) is 18.5. The molecule has 0 amide bonds. The number of H-pyrrole nitrogens is 1. The van der Waals surface area contributed by atoms with Gasteiger partial charge in [-0.05, 0) is 50.2 Å². The minimum atomic E-state index is -0.451. The Morgan fingerprint density at radius 3 is 2.52 bits per heavy atom. The number of nitrogens with one attached hydrogen (secondary N) is 2. The fourth-order valence-electron chi connectivity index (χ4n) is 4.72. The lowest BCUT2D eigenvalue weighted by Gasteiger charge is -2.37. The van der Waals surface area contributed by atoms with E-state index in [4.69, 9.17) is 18.0 Å². The second kappa shape index (κ2) is 9.78. The van der Waals surface area contributed by atoms with Crippen LogP contribution in [-0.4, -0.2) is 26.7 Å². The van der Waals surface area contributed by atoms with Gasteiger partial charge in [0.05, 0.1) is 0 Å². The number of hydrogen-bond donors (Lipinski definition) is 3. The summed E-state index contributed by atoms with van der Waals surface area (Å²) < 4.78 is 1.48. The largest absolute Gasteiger partial charge is 0.383 e. The van der Waals surface area contributed by atoms with Crippen molar-refractivity contribution in [1.82, 2.24) is 14.9 Å². The average molecular weight is 422 g/mol. The number of anilines is 2. The lowest BCUT2D eigenvalue weighted by molar-refractivity contribution is 0.308. The summed E-state index contributed by atoms with van der Waals surface area (Å²) >= 11 is 5.83. The van der Waals surface area contributed by atoms with Gasteiger partial charge in [-0.1, -0.05) is 46.0 Å². The van der Waals surface area contributed by atoms with Gasteiger partial charge in [0, 0.05) is 18.6 Å². The molecule has 2 atom stereocenters. The van der Waals surface area contributed by atoms with Gasteiger partial charge in [-0.2, -0.15) is 0 Å². The molecule has 1 aromatic heterocycles. The zero-order valence-electron chi connectivity index (χ0n) is 17.7. The van der Waals surface area contributed by atoms with Crippen molar-refractivity contribution < 1.29 is 0 Å². The van der Waals surface area contributed by atoms with Crippen LogP contribution >= 0.6 is 12.2 Å². The summed E-state index contributed by atoms with van der Waals surface area (Å²) in [5.41, 5.74) is 5.83. The number of thiocarbonyl (C=S) groups is 1. The smallest absolute Gasteiger partial charge is 0.330 e. The Kier molecular flexibility index (Phi) is 7.38. The molecule has 0 radical (unpaired) electrons. The van der Waals surface area contributed by atoms with E-state index in [1.165, 1.54) is 23.8 Å². The number of nitrogen functional groups attached to an aromatic ring is 1. The van der Waals surface area contributed by atoms with E-state index in [1.807, 2.05) is 4.90 Å². The number of nitrogens with zero attached hydrogens (tertiary/aromatic N) is 2. The highest BCUT2D eigenvalue weighted by Crippen LogP contribution is 2.30. The zero-order chi connectivity index (χ0) is 21.0. The molecule has 1 aromatic rings. The summed E-state index contributed by atoms with van der Waals surface area (Å²) in [6.07, 6.45) is 10.6. The van der Waals surface area contributed by atoms with Gasteiger partial charge < -0.3 is 16.0 Å². The van der Waals surface area contributed by atoms with E-state index in [9.17, 15) is 9.59 Å². The van der Waals surface area contributed by atoms with Crippen LogP contribution in [0.5, 0.6) is 0 Å². The number of hydrogen-bond acceptors (Lipinski definition) is 4. The number of nitrogens with two attached hydrogens (primary N) is 1. The molecule has 4 N–H and O–H groups in total. The molecule has 7 nitrogen and oxygen atoms in total. The minimum Gasteiger partial charge on any atom is -0.383 e. The van der Waals surface area contributed by atoms with Crippen molar-refractivity contribution in [3.8, 4) is 0 Å². The van der Waals surface area contributed by atoms with Crippen LogP contribution in [0.15, 0.2) is 9.59 Å². The lowest BCUT2D eigenvalue weighted by atomic mass is 9.86. The summed E-state index contributed by atoms with van der Waals surface area (Å²) in [5.74, 6) is 0.765. The van der Waals surface area contributed by atoms with Crippen LogP contribution in [0.3, 0.4) is 0 Å². The normalized spacial score (nSPS) is 22.6. The van der Waals surface area contributed by atoms with Gasteiger partial charge in [-0.3, -0.25) is 14.3 Å². The van der Waals surface area contributed by atoms with Crippen LogP contribution in [0.2, 0.25) is 0 Å². The third-order valence-corrected chi connectivity index (χ3v) is 6.83. The molecule has 2 aliphatic carbocycles. The Labute approximate surface area is 178 Å². The molecule has 162 valence electrons. The monoisotopic (exact) mass is 421 g/mol. The molecule has 2 fully saturated rings. The Morgan fingerprint density at radius 2 is 1.86 bits per heavy atom. The molecular weight excluding hydrogens is 386 g/mol. The first kappa shape index (κ1) is 21.9. The second-order valence-corrected chi connectivity index (χ2v) is 9.01. The van der Waals surface area contributed by atoms with Crippen LogP contribution in [0, 0.1) is 5.92 Å². The van der Waals surface area contributed by atoms with E-state index in [0.717, 1.165) is 44.9 Å². The highest BCUT2D eigenvalue weighted by Gasteiger charge is 2.32. The SMILES string of the molecule is CCCCn1c(N)c(N(C(=S)N[C@@H]2CCCC[C@H]2C)C2CCCC2)c(=O)[nH]c1=O. The summed E-state index contributed by atoms with van der Waals surface area (Å²) in [5, 5.41) is 4.10. The van der Waals surface area contributed by atoms with Gasteiger partial charge in [-0.25, -0.2) is 4.79 Å². The Morgan fingerprint density at radius 1 is 1.21 bits per heavy atom. The molecular formula is C21H35N5O2S. The van der Waals surface area contributed by atoms with Gasteiger partial charge in [0.2, 0.25) is 0 Å². The van der Waals surface area contributed by atoms with Crippen molar-refractivity contribution in [2.75, 3.05) is 10.6 Å². The predicted octanol–water partition coefficient (Wildman–Crippen LogP) is 3.12. The van der Waals surface area contributed by atoms with Gasteiger partial charge in [-0.15, -0.1) is 0 Å². The number of aromatic nitrogens is 2. The predicted molar refractivity (Wildman–Crippen MR) is 123 cm³/mol. The Bertz CT molecular complexity index is 827. The summed E-state index contributed by atoms with van der Waals surface area (Å²) in [6.45, 7) is 4.80. The van der Waals surface area contributed by atoms with Crippen molar-refractivity contribution in [2.45, 2.75) is 96.7 Å². The maximum Gasteiger partial charge on any atom is 0.330 e. The molecule has 0 bridgehead atoms. The number of unbranched alkanes of at least 4 members (excludes halogenated alkanes) is 1. The second-order valence-electron chi connectivity index (χ2n) is 8.62. The highest BCUT2D eigenvalue weighted by atomic mass is 32.1. The van der Waals surface area contributed by atoms with Crippen LogP contribution < -0.4 is 27.2 Å². The van der Waals surface area contributed by atoms with E-state index in [2.05, 4.69) is 24.1 Å². The van der Waals surface area contributed by atoms with Gasteiger partial charge in [0.15, 0.2) is 10.8 Å². The summed E-state index contributed by atoms with van der Waals surface area (Å²) in [4.78, 5) is 29.6. The van der Waals surface area contributed by atoms with Crippen LogP contribution in [0.1, 0.15) is 78.1 Å². The van der Waals surface area contributed by atoms with Crippen molar-refractivity contribution in [1.29, 1.82) is 0 Å². The molecule has 2 saturated carbocycles. The topological polar surface area (TPSA) is 96.2 Å². The molecule has 2 aliphatic rings. The molecule has 0 aromatic carbocycles. The quantitative estimate of drug-likeness (QED) is 0.611. The van der Waals surface area contributed by atoms with Gasteiger partial charge in [0.25, 0.3) is 5.56 Å². The minimum absolute atomic E-state index is 0.134. The summed E-state index contributed by atoms with van der Waals surface area (Å²) in [7, 11) is 0. The fraction of sp³-hybridized carbons (Fsp3) is 0.762. The van der Waals surface area contributed by atoms with Gasteiger partial charge >= 0.3 is 5.69 Å².